The minimum atomic E-state index is -2.10. The summed E-state index contributed by atoms with van der Waals surface area (Å²) in [6.45, 7) is 17.0. The Kier molecular flexibility index (Phi) is 11.1. The van der Waals surface area contributed by atoms with Gasteiger partial charge in [0.2, 0.25) is 0 Å². The summed E-state index contributed by atoms with van der Waals surface area (Å²) in [5, 5.41) is 0.0245. The molecular weight excluding hydrogens is 424 g/mol. The molecule has 1 rings (SSSR count). The average molecular weight is 467 g/mol. The summed E-state index contributed by atoms with van der Waals surface area (Å²) in [4.78, 5) is 22.9. The topological polar surface area (TPSA) is 71.1 Å². The largest absolute Gasteiger partial charge is 0.497 e. The minimum Gasteiger partial charge on any atom is -0.497 e. The number of benzene rings is 1. The maximum atomic E-state index is 11.5. The van der Waals surface area contributed by atoms with E-state index in [0.717, 1.165) is 17.6 Å². The fraction of sp³-hybridized carbons (Fsp3) is 0.680. The monoisotopic (exact) mass is 466 g/mol. The van der Waals surface area contributed by atoms with Gasteiger partial charge in [0.15, 0.2) is 8.32 Å². The number of ether oxygens (including phenoxy) is 3. The maximum absolute atomic E-state index is 11.5. The summed E-state index contributed by atoms with van der Waals surface area (Å²) in [6.07, 6.45) is 0.697. The van der Waals surface area contributed by atoms with Gasteiger partial charge in [-0.1, -0.05) is 46.8 Å². The summed E-state index contributed by atoms with van der Waals surface area (Å²) in [5.74, 6) is 0.332. The van der Waals surface area contributed by atoms with Crippen LogP contribution in [0.2, 0.25) is 18.1 Å². The zero-order valence-corrected chi connectivity index (χ0v) is 22.3. The molecule has 0 amide bonds. The molecule has 0 spiro atoms. The van der Waals surface area contributed by atoms with Gasteiger partial charge in [-0.05, 0) is 35.8 Å². The third kappa shape index (κ3) is 8.68. The van der Waals surface area contributed by atoms with Gasteiger partial charge < -0.3 is 23.4 Å². The molecule has 0 aliphatic rings. The second-order valence-electron chi connectivity index (χ2n) is 10.1. The van der Waals surface area contributed by atoms with Crippen molar-refractivity contribution in [2.45, 2.75) is 84.9 Å². The van der Waals surface area contributed by atoms with Crippen LogP contribution in [0.5, 0.6) is 5.75 Å². The first-order valence-electron chi connectivity index (χ1n) is 11.3. The maximum Gasteiger partial charge on any atom is 0.302 e. The number of carbonyl (C=O) groups excluding carboxylic acids is 2. The van der Waals surface area contributed by atoms with E-state index in [1.807, 2.05) is 31.2 Å². The van der Waals surface area contributed by atoms with E-state index >= 15 is 0 Å². The van der Waals surface area contributed by atoms with Crippen LogP contribution in [0.4, 0.5) is 0 Å². The zero-order chi connectivity index (χ0) is 24.5. The van der Waals surface area contributed by atoms with E-state index in [1.165, 1.54) is 6.92 Å². The third-order valence-electron chi connectivity index (χ3n) is 6.40. The molecule has 0 N–H and O–H groups in total. The van der Waals surface area contributed by atoms with Gasteiger partial charge in [-0.25, -0.2) is 0 Å². The van der Waals surface area contributed by atoms with Gasteiger partial charge in [0.25, 0.3) is 0 Å². The lowest BCUT2D eigenvalue weighted by atomic mass is 9.88. The molecule has 0 heterocycles. The van der Waals surface area contributed by atoms with Gasteiger partial charge in [0.05, 0.1) is 32.5 Å². The summed E-state index contributed by atoms with van der Waals surface area (Å²) < 4.78 is 23.5. The lowest BCUT2D eigenvalue weighted by Crippen LogP contribution is -2.48. The first-order chi connectivity index (χ1) is 14.8. The van der Waals surface area contributed by atoms with Crippen molar-refractivity contribution in [2.24, 2.45) is 11.8 Å². The van der Waals surface area contributed by atoms with Gasteiger partial charge >= 0.3 is 5.97 Å². The molecule has 7 heteroatoms. The molecule has 0 saturated carbocycles. The number of aldehydes is 1. The second kappa shape index (κ2) is 12.5. The van der Waals surface area contributed by atoms with Crippen LogP contribution in [0.25, 0.3) is 0 Å². The standard InChI is InChI=1S/C25H42O6Si/c1-18(16-29-20(3)27)24(30-17-21-10-12-22(28-7)13-11-21)19(2)23(14-15-26)31-32(8,9)25(4,5)6/h10-13,15,18-19,23-24H,14,16-17H2,1-9H3/t18-,19-,23+,24+/m1/s1. The van der Waals surface area contributed by atoms with E-state index in [4.69, 9.17) is 18.6 Å². The zero-order valence-electron chi connectivity index (χ0n) is 21.3. The van der Waals surface area contributed by atoms with Crippen LogP contribution in [0.15, 0.2) is 24.3 Å². The highest BCUT2D eigenvalue weighted by molar-refractivity contribution is 6.74. The fourth-order valence-electron chi connectivity index (χ4n) is 3.32. The lowest BCUT2D eigenvalue weighted by Gasteiger charge is -2.42. The number of carbonyl (C=O) groups is 2. The Bertz CT molecular complexity index is 710. The highest BCUT2D eigenvalue weighted by atomic mass is 28.4. The smallest absolute Gasteiger partial charge is 0.302 e. The molecule has 0 aromatic heterocycles. The normalized spacial score (nSPS) is 16.0. The molecule has 0 fully saturated rings. The molecule has 0 unspecified atom stereocenters. The van der Waals surface area contributed by atoms with Crippen molar-refractivity contribution in [1.29, 1.82) is 0 Å². The molecule has 4 atom stereocenters. The van der Waals surface area contributed by atoms with Gasteiger partial charge in [-0.2, -0.15) is 0 Å². The minimum absolute atomic E-state index is 0.0245. The highest BCUT2D eigenvalue weighted by Gasteiger charge is 2.42. The number of rotatable bonds is 13. The van der Waals surface area contributed by atoms with Gasteiger partial charge in [-0.3, -0.25) is 4.79 Å². The van der Waals surface area contributed by atoms with Crippen molar-refractivity contribution in [1.82, 2.24) is 0 Å². The molecule has 0 radical (unpaired) electrons. The Labute approximate surface area is 195 Å². The Morgan fingerprint density at radius 1 is 1.12 bits per heavy atom. The lowest BCUT2D eigenvalue weighted by molar-refractivity contribution is -0.145. The van der Waals surface area contributed by atoms with Gasteiger partial charge in [0.1, 0.15) is 12.0 Å². The molecular formula is C25H42O6Si. The van der Waals surface area contributed by atoms with Crippen molar-refractivity contribution in [2.75, 3.05) is 13.7 Å². The third-order valence-corrected chi connectivity index (χ3v) is 10.9. The summed E-state index contributed by atoms with van der Waals surface area (Å²) in [6, 6.07) is 7.73. The first kappa shape index (κ1) is 28.3. The molecule has 0 bridgehead atoms. The van der Waals surface area contributed by atoms with E-state index in [2.05, 4.69) is 40.8 Å². The van der Waals surface area contributed by atoms with Crippen molar-refractivity contribution in [3.63, 3.8) is 0 Å². The Hall–Kier alpha value is -1.70. The van der Waals surface area contributed by atoms with Crippen LogP contribution in [0.1, 0.15) is 53.5 Å². The Morgan fingerprint density at radius 3 is 2.19 bits per heavy atom. The second-order valence-corrected chi connectivity index (χ2v) is 14.8. The van der Waals surface area contributed by atoms with Gasteiger partial charge in [-0.15, -0.1) is 0 Å². The van der Waals surface area contributed by atoms with E-state index in [-0.39, 0.29) is 41.7 Å². The van der Waals surface area contributed by atoms with E-state index in [0.29, 0.717) is 13.0 Å². The molecule has 0 saturated heterocycles. The van der Waals surface area contributed by atoms with Gasteiger partial charge in [0, 0.05) is 25.2 Å². The average Bonchev–Trinajstić information content (AvgIpc) is 2.71. The molecule has 0 aliphatic carbocycles. The number of hydrogen-bond donors (Lipinski definition) is 0. The van der Waals surface area contributed by atoms with Crippen LogP contribution >= 0.6 is 0 Å². The predicted octanol–water partition coefficient (Wildman–Crippen LogP) is 5.40. The molecule has 1 aromatic carbocycles. The van der Waals surface area contributed by atoms with Crippen molar-refractivity contribution >= 4 is 20.6 Å². The number of esters is 1. The molecule has 0 aliphatic heterocycles. The Balaban J connectivity index is 3.08. The first-order valence-corrected chi connectivity index (χ1v) is 14.2. The molecule has 1 aromatic rings. The van der Waals surface area contributed by atoms with Crippen molar-refractivity contribution in [3.05, 3.63) is 29.8 Å². The van der Waals surface area contributed by atoms with Crippen LogP contribution < -0.4 is 4.74 Å². The summed E-state index contributed by atoms with van der Waals surface area (Å²) in [5.41, 5.74) is 1.01. The van der Waals surface area contributed by atoms with E-state index in [1.54, 1.807) is 7.11 Å². The van der Waals surface area contributed by atoms with Crippen LogP contribution in [0.3, 0.4) is 0 Å². The number of methoxy groups -OCH3 is 1. The summed E-state index contributed by atoms with van der Waals surface area (Å²) >= 11 is 0. The summed E-state index contributed by atoms with van der Waals surface area (Å²) in [7, 11) is -0.462. The quantitative estimate of drug-likeness (QED) is 0.220. The van der Waals surface area contributed by atoms with Crippen LogP contribution in [0, 0.1) is 11.8 Å². The molecule has 6 nitrogen and oxygen atoms in total. The van der Waals surface area contributed by atoms with E-state index < -0.39 is 8.32 Å². The SMILES string of the molecule is COc1ccc(CO[C@H]([C@H](C)[C@H](CC=O)O[Si](C)(C)C(C)(C)C)[C@H](C)COC(C)=O)cc1. The van der Waals surface area contributed by atoms with Crippen molar-refractivity contribution in [3.8, 4) is 5.75 Å². The van der Waals surface area contributed by atoms with Crippen LogP contribution in [-0.4, -0.2) is 46.5 Å². The molecule has 182 valence electrons. The highest BCUT2D eigenvalue weighted by Crippen LogP contribution is 2.39. The fourth-order valence-corrected chi connectivity index (χ4v) is 4.75. The van der Waals surface area contributed by atoms with Crippen LogP contribution in [-0.2, 0) is 30.1 Å². The number of hydrogen-bond acceptors (Lipinski definition) is 6. The van der Waals surface area contributed by atoms with E-state index in [9.17, 15) is 9.59 Å². The Morgan fingerprint density at radius 2 is 1.72 bits per heavy atom. The predicted molar refractivity (Wildman–Crippen MR) is 129 cm³/mol. The van der Waals surface area contributed by atoms with Crippen molar-refractivity contribution < 1.29 is 28.2 Å². The molecule has 32 heavy (non-hydrogen) atoms.